The van der Waals surface area contributed by atoms with Crippen molar-refractivity contribution in [2.45, 2.75) is 62.7 Å². The van der Waals surface area contributed by atoms with Gasteiger partial charge in [-0.05, 0) is 41.6 Å². The van der Waals surface area contributed by atoms with Gasteiger partial charge in [0.2, 0.25) is 0 Å². The third-order valence-electron chi connectivity index (χ3n) is 7.85. The molecule has 5 rings (SSSR count). The van der Waals surface area contributed by atoms with Crippen LogP contribution in [-0.2, 0) is 30.0 Å². The SMILES string of the molecule is O=C(OCc1ccccc1)C1(NP(=O)(OC[C@H]2O[C@@H](n3cc(/C=C/Br)c(=O)[nH]c3=O)C[C@@H]2O)Oc2ccc([N+](=O)[O-])cc2)CCCC1. The van der Waals surface area contributed by atoms with Gasteiger partial charge in [0.25, 0.3) is 11.2 Å². The van der Waals surface area contributed by atoms with Crippen LogP contribution in [0.4, 0.5) is 5.69 Å². The summed E-state index contributed by atoms with van der Waals surface area (Å²) in [6.07, 6.45) is 1.15. The lowest BCUT2D eigenvalue weighted by atomic mass is 10.00. The average Bonchev–Trinajstić information content (AvgIpc) is 3.67. The summed E-state index contributed by atoms with van der Waals surface area (Å²) in [6, 6.07) is 13.9. The number of non-ortho nitro benzene ring substituents is 1. The van der Waals surface area contributed by atoms with Gasteiger partial charge in [0, 0.05) is 24.8 Å². The van der Waals surface area contributed by atoms with Crippen LogP contribution < -0.4 is 20.9 Å². The van der Waals surface area contributed by atoms with Gasteiger partial charge in [-0.1, -0.05) is 59.1 Å². The topological polar surface area (TPSA) is 201 Å². The molecular weight excluding hydrogens is 703 g/mol. The number of benzene rings is 2. The number of halogens is 1. The highest BCUT2D eigenvalue weighted by molar-refractivity contribution is 9.11. The second-order valence-electron chi connectivity index (χ2n) is 11.1. The zero-order valence-corrected chi connectivity index (χ0v) is 27.3. The first-order valence-electron chi connectivity index (χ1n) is 14.7. The first-order valence-corrected chi connectivity index (χ1v) is 17.1. The van der Waals surface area contributed by atoms with Crippen molar-refractivity contribution in [2.24, 2.45) is 0 Å². The number of carbonyl (C=O) groups is 1. The monoisotopic (exact) mass is 734 g/mol. The highest BCUT2D eigenvalue weighted by Gasteiger charge is 2.50. The highest BCUT2D eigenvalue weighted by Crippen LogP contribution is 2.50. The molecule has 0 bridgehead atoms. The Morgan fingerprint density at radius 3 is 2.55 bits per heavy atom. The summed E-state index contributed by atoms with van der Waals surface area (Å²) in [5, 5.41) is 24.8. The fourth-order valence-corrected chi connectivity index (χ4v) is 7.45. The van der Waals surface area contributed by atoms with Crippen LogP contribution in [0.3, 0.4) is 0 Å². The van der Waals surface area contributed by atoms with Crippen molar-refractivity contribution in [3.63, 3.8) is 0 Å². The van der Waals surface area contributed by atoms with E-state index in [1.54, 1.807) is 12.1 Å². The minimum Gasteiger partial charge on any atom is -0.459 e. The maximum absolute atomic E-state index is 14.4. The van der Waals surface area contributed by atoms with E-state index in [1.165, 1.54) is 29.4 Å². The Balaban J connectivity index is 1.36. The summed E-state index contributed by atoms with van der Waals surface area (Å²) in [6.45, 7) is -0.519. The molecule has 2 aromatic carbocycles. The number of ether oxygens (including phenoxy) is 2. The van der Waals surface area contributed by atoms with Crippen LogP contribution in [0.25, 0.3) is 6.08 Å². The van der Waals surface area contributed by atoms with Crippen LogP contribution in [-0.4, -0.2) is 49.9 Å². The van der Waals surface area contributed by atoms with E-state index in [4.69, 9.17) is 18.5 Å². The predicted molar refractivity (Wildman–Crippen MR) is 172 cm³/mol. The Bertz CT molecular complexity index is 1770. The number of aromatic amines is 1. The molecule has 3 aromatic rings. The normalized spacial score (nSPS) is 21.8. The van der Waals surface area contributed by atoms with E-state index in [9.17, 15) is 34.2 Å². The van der Waals surface area contributed by atoms with Crippen molar-refractivity contribution in [1.29, 1.82) is 0 Å². The predicted octanol–water partition coefficient (Wildman–Crippen LogP) is 4.31. The molecule has 15 nitrogen and oxygen atoms in total. The van der Waals surface area contributed by atoms with Crippen LogP contribution in [0.15, 0.2) is 75.4 Å². The molecule has 250 valence electrons. The maximum atomic E-state index is 14.4. The molecule has 1 aliphatic heterocycles. The first kappa shape index (κ1) is 34.4. The maximum Gasteiger partial charge on any atom is 0.459 e. The van der Waals surface area contributed by atoms with Gasteiger partial charge in [0.05, 0.1) is 23.2 Å². The van der Waals surface area contributed by atoms with Gasteiger partial charge < -0.3 is 19.1 Å². The molecule has 1 aliphatic carbocycles. The number of nitrogens with zero attached hydrogens (tertiary/aromatic N) is 2. The van der Waals surface area contributed by atoms with Crippen molar-refractivity contribution in [1.82, 2.24) is 14.6 Å². The largest absolute Gasteiger partial charge is 0.459 e. The number of hydrogen-bond donors (Lipinski definition) is 3. The van der Waals surface area contributed by atoms with Crippen molar-refractivity contribution in [2.75, 3.05) is 6.61 Å². The molecule has 1 unspecified atom stereocenters. The van der Waals surface area contributed by atoms with Crippen LogP contribution in [0, 0.1) is 10.1 Å². The van der Waals surface area contributed by atoms with Gasteiger partial charge in [0.1, 0.15) is 30.2 Å². The lowest BCUT2D eigenvalue weighted by Gasteiger charge is -2.32. The quantitative estimate of drug-likeness (QED) is 0.0974. The molecular formula is C30H32BrN4O11P. The van der Waals surface area contributed by atoms with Crippen LogP contribution in [0.2, 0.25) is 0 Å². The molecule has 17 heteroatoms. The third-order valence-corrected chi connectivity index (χ3v) is 9.75. The van der Waals surface area contributed by atoms with Gasteiger partial charge in [-0.25, -0.2) is 9.36 Å². The Morgan fingerprint density at radius 1 is 1.19 bits per heavy atom. The molecule has 4 atom stereocenters. The second-order valence-corrected chi connectivity index (χ2v) is 13.3. The average molecular weight is 735 g/mol. The molecule has 47 heavy (non-hydrogen) atoms. The van der Waals surface area contributed by atoms with E-state index in [0.29, 0.717) is 12.8 Å². The van der Waals surface area contributed by atoms with Crippen molar-refractivity contribution in [3.8, 4) is 5.75 Å². The number of nitro groups is 1. The molecule has 2 aliphatic rings. The number of carbonyl (C=O) groups excluding carboxylic acids is 1. The summed E-state index contributed by atoms with van der Waals surface area (Å²) in [5.74, 6) is -0.701. The number of aliphatic hydroxyl groups excluding tert-OH is 1. The lowest BCUT2D eigenvalue weighted by Crippen LogP contribution is -2.50. The summed E-state index contributed by atoms with van der Waals surface area (Å²) in [7, 11) is -4.49. The van der Waals surface area contributed by atoms with Crippen molar-refractivity contribution in [3.05, 3.63) is 108 Å². The number of aromatic nitrogens is 2. The Kier molecular flexibility index (Phi) is 10.9. The molecule has 0 spiro atoms. The minimum absolute atomic E-state index is 0.0156. The number of nitrogens with one attached hydrogen (secondary N) is 2. The van der Waals surface area contributed by atoms with E-state index >= 15 is 0 Å². The fraction of sp³-hybridized carbons (Fsp3) is 0.367. The zero-order chi connectivity index (χ0) is 33.6. The van der Waals surface area contributed by atoms with Gasteiger partial charge in [-0.15, -0.1) is 0 Å². The molecule has 3 N–H and O–H groups in total. The summed E-state index contributed by atoms with van der Waals surface area (Å²) >= 11 is 3.09. The lowest BCUT2D eigenvalue weighted by molar-refractivity contribution is -0.384. The molecule has 2 heterocycles. The molecule has 0 amide bonds. The zero-order valence-electron chi connectivity index (χ0n) is 24.9. The highest BCUT2D eigenvalue weighted by atomic mass is 79.9. The Morgan fingerprint density at radius 2 is 1.89 bits per heavy atom. The Hall–Kier alpha value is -3.92. The Labute approximate surface area is 276 Å². The van der Waals surface area contributed by atoms with Gasteiger partial charge >= 0.3 is 19.4 Å². The number of H-pyrrole nitrogens is 1. The molecule has 1 aromatic heterocycles. The van der Waals surface area contributed by atoms with E-state index in [1.807, 2.05) is 18.2 Å². The minimum atomic E-state index is -4.49. The number of nitro benzene ring substituents is 1. The van der Waals surface area contributed by atoms with E-state index in [0.717, 1.165) is 22.3 Å². The number of esters is 1. The van der Waals surface area contributed by atoms with Crippen molar-refractivity contribution >= 4 is 41.4 Å². The number of aliphatic hydroxyl groups is 1. The smallest absolute Gasteiger partial charge is 0.459 e. The van der Waals surface area contributed by atoms with Crippen molar-refractivity contribution < 1.29 is 37.9 Å². The molecule has 0 radical (unpaired) electrons. The third kappa shape index (κ3) is 8.33. The van der Waals surface area contributed by atoms with Crippen LogP contribution >= 0.6 is 23.7 Å². The van der Waals surface area contributed by atoms with E-state index in [-0.39, 0.29) is 42.9 Å². The second kappa shape index (κ2) is 14.9. The van der Waals surface area contributed by atoms with Gasteiger partial charge in [-0.3, -0.25) is 33.8 Å². The molecule has 1 saturated heterocycles. The molecule has 2 fully saturated rings. The fourth-order valence-electron chi connectivity index (χ4n) is 5.42. The van der Waals surface area contributed by atoms with Crippen LogP contribution in [0.5, 0.6) is 5.75 Å². The van der Waals surface area contributed by atoms with E-state index < -0.39 is 60.5 Å². The standard InChI is InChI=1S/C30H32BrN4O11P/c31-15-12-21-17-34(29(39)32-27(21)37)26-16-24(36)25(45-26)19-44-47(42,46-23-10-8-22(9-11-23)35(40)41)33-30(13-4-5-14-30)28(38)43-18-20-6-2-1-3-7-20/h1-3,6-12,15,17,24-26,36H,4-5,13-14,16,18-19H2,(H,33,42)(H,32,37,39)/b15-12+/t24-,25+,26+,47?/m0/s1. The molecule has 1 saturated carbocycles. The van der Waals surface area contributed by atoms with Gasteiger partial charge in [0.15, 0.2) is 0 Å². The summed E-state index contributed by atoms with van der Waals surface area (Å²) in [4.78, 5) is 52.3. The van der Waals surface area contributed by atoms with Gasteiger partial charge in [-0.2, -0.15) is 5.09 Å². The number of rotatable bonds is 13. The summed E-state index contributed by atoms with van der Waals surface area (Å²) in [5.41, 5.74) is -2.12. The van der Waals surface area contributed by atoms with E-state index in [2.05, 4.69) is 26.0 Å². The number of hydrogen-bond acceptors (Lipinski definition) is 11. The van der Waals surface area contributed by atoms with Crippen LogP contribution in [0.1, 0.15) is 49.5 Å². The summed E-state index contributed by atoms with van der Waals surface area (Å²) < 4.78 is 38.6. The first-order chi connectivity index (χ1) is 22.5.